The van der Waals surface area contributed by atoms with E-state index in [4.69, 9.17) is 9.47 Å². The Kier molecular flexibility index (Phi) is 6.68. The van der Waals surface area contributed by atoms with Crippen LogP contribution in [0.4, 0.5) is 0 Å². The molecule has 0 aliphatic rings. The fourth-order valence-electron chi connectivity index (χ4n) is 2.67. The third-order valence-corrected chi connectivity index (χ3v) is 4.11. The first-order chi connectivity index (χ1) is 14.0. The maximum atomic E-state index is 12.4. The lowest BCUT2D eigenvalue weighted by atomic mass is 10.1. The van der Waals surface area contributed by atoms with Gasteiger partial charge in [-0.15, -0.1) is 0 Å². The molecule has 2 N–H and O–H groups in total. The van der Waals surface area contributed by atoms with E-state index in [1.165, 1.54) is 0 Å². The molecule has 0 atom stereocenters. The van der Waals surface area contributed by atoms with E-state index in [0.717, 1.165) is 10.8 Å². The average molecular weight is 392 g/mol. The summed E-state index contributed by atoms with van der Waals surface area (Å²) >= 11 is 0. The molecule has 0 radical (unpaired) electrons. The van der Waals surface area contributed by atoms with Crippen LogP contribution in [0.15, 0.2) is 66.7 Å². The van der Waals surface area contributed by atoms with Crippen molar-refractivity contribution in [1.29, 1.82) is 0 Å². The number of nitrogens with one attached hydrogen (secondary N) is 2. The molecule has 0 saturated heterocycles. The van der Waals surface area contributed by atoms with E-state index >= 15 is 0 Å². The summed E-state index contributed by atoms with van der Waals surface area (Å²) in [7, 11) is 0. The van der Waals surface area contributed by atoms with Crippen LogP contribution in [0.5, 0.6) is 11.5 Å². The fraction of sp³-hybridized carbons (Fsp3) is 0.217. The number of carbonyl (C=O) groups is 2. The van der Waals surface area contributed by atoms with Gasteiger partial charge < -0.3 is 9.47 Å². The first-order valence-electron chi connectivity index (χ1n) is 9.45. The summed E-state index contributed by atoms with van der Waals surface area (Å²) in [6.07, 6.45) is 0. The second-order valence-electron chi connectivity index (χ2n) is 7.00. The first-order valence-corrected chi connectivity index (χ1v) is 9.45. The highest BCUT2D eigenvalue weighted by atomic mass is 16.5. The van der Waals surface area contributed by atoms with Crippen LogP contribution < -0.4 is 20.3 Å². The van der Waals surface area contributed by atoms with Crippen molar-refractivity contribution >= 4 is 22.6 Å². The molecule has 150 valence electrons. The number of hydrogen-bond acceptors (Lipinski definition) is 4. The number of hydrogen-bond donors (Lipinski definition) is 2. The van der Waals surface area contributed by atoms with Crippen molar-refractivity contribution in [3.63, 3.8) is 0 Å². The molecule has 0 unspecified atom stereocenters. The smallest absolute Gasteiger partial charge is 0.276 e. The monoisotopic (exact) mass is 392 g/mol. The molecule has 0 bridgehead atoms. The Labute approximate surface area is 169 Å². The molecule has 2 amide bonds. The zero-order valence-electron chi connectivity index (χ0n) is 16.5. The van der Waals surface area contributed by atoms with Crippen LogP contribution >= 0.6 is 0 Å². The Morgan fingerprint density at radius 1 is 0.862 bits per heavy atom. The third kappa shape index (κ3) is 5.72. The van der Waals surface area contributed by atoms with Crippen molar-refractivity contribution < 1.29 is 19.1 Å². The van der Waals surface area contributed by atoms with Crippen molar-refractivity contribution in [3.05, 3.63) is 72.3 Å². The number of carbonyl (C=O) groups excluding carboxylic acids is 2. The van der Waals surface area contributed by atoms with Crippen molar-refractivity contribution in [2.45, 2.75) is 13.8 Å². The topological polar surface area (TPSA) is 76.7 Å². The number of hydrazine groups is 1. The lowest BCUT2D eigenvalue weighted by Crippen LogP contribution is -2.43. The van der Waals surface area contributed by atoms with Gasteiger partial charge in [0.2, 0.25) is 0 Å². The summed E-state index contributed by atoms with van der Waals surface area (Å²) < 4.78 is 11.2. The molecule has 0 aliphatic carbocycles. The normalized spacial score (nSPS) is 10.6. The molecule has 0 aliphatic heterocycles. The van der Waals surface area contributed by atoms with E-state index in [9.17, 15) is 9.59 Å². The van der Waals surface area contributed by atoms with Crippen LogP contribution in [0.25, 0.3) is 10.8 Å². The molecule has 6 heteroatoms. The number of ether oxygens (including phenoxy) is 2. The van der Waals surface area contributed by atoms with Crippen LogP contribution in [0.1, 0.15) is 24.2 Å². The van der Waals surface area contributed by atoms with Crippen LogP contribution in [0.3, 0.4) is 0 Å². The molecule has 3 aromatic carbocycles. The molecular formula is C23H24N2O4. The summed E-state index contributed by atoms with van der Waals surface area (Å²) in [5, 5.41) is 2.12. The quantitative estimate of drug-likeness (QED) is 0.601. The van der Waals surface area contributed by atoms with Crippen molar-refractivity contribution in [2.75, 3.05) is 13.2 Å². The number of para-hydroxylation sites is 1. The van der Waals surface area contributed by atoms with Gasteiger partial charge in [-0.1, -0.05) is 56.3 Å². The Morgan fingerprint density at radius 3 is 2.38 bits per heavy atom. The number of fused-ring (bicyclic) bond motifs is 1. The first kappa shape index (κ1) is 20.2. The van der Waals surface area contributed by atoms with Crippen LogP contribution in [0, 0.1) is 5.92 Å². The van der Waals surface area contributed by atoms with E-state index in [1.54, 1.807) is 30.3 Å². The summed E-state index contributed by atoms with van der Waals surface area (Å²) in [6, 6.07) is 20.4. The molecule has 3 aromatic rings. The summed E-state index contributed by atoms with van der Waals surface area (Å²) in [5.41, 5.74) is 5.11. The van der Waals surface area contributed by atoms with Crippen LogP contribution in [-0.4, -0.2) is 25.0 Å². The van der Waals surface area contributed by atoms with Crippen molar-refractivity contribution in [3.8, 4) is 11.5 Å². The van der Waals surface area contributed by atoms with Gasteiger partial charge in [0.1, 0.15) is 11.5 Å². The minimum atomic E-state index is -0.466. The molecule has 0 spiro atoms. The van der Waals surface area contributed by atoms with E-state index in [1.807, 2.05) is 50.2 Å². The highest BCUT2D eigenvalue weighted by Crippen LogP contribution is 2.20. The Hall–Kier alpha value is -3.54. The highest BCUT2D eigenvalue weighted by Gasteiger charge is 2.13. The number of amides is 2. The van der Waals surface area contributed by atoms with E-state index < -0.39 is 11.8 Å². The minimum absolute atomic E-state index is 0.218. The highest BCUT2D eigenvalue weighted by molar-refractivity contribution is 5.98. The lowest BCUT2D eigenvalue weighted by molar-refractivity contribution is -0.123. The number of rotatable bonds is 7. The SMILES string of the molecule is CC(C)COc1ccccc1C(=O)NNC(=O)COc1ccc2ccccc2c1. The molecule has 0 saturated carbocycles. The van der Waals surface area contributed by atoms with Gasteiger partial charge >= 0.3 is 0 Å². The fourth-order valence-corrected chi connectivity index (χ4v) is 2.67. The van der Waals surface area contributed by atoms with Crippen molar-refractivity contribution in [2.24, 2.45) is 5.92 Å². The molecule has 3 rings (SSSR count). The van der Waals surface area contributed by atoms with Gasteiger partial charge in [-0.2, -0.15) is 0 Å². The van der Waals surface area contributed by atoms with Gasteiger partial charge in [-0.25, -0.2) is 0 Å². The predicted octanol–water partition coefficient (Wildman–Crippen LogP) is 3.71. The Bertz CT molecular complexity index is 1000. The summed E-state index contributed by atoms with van der Waals surface area (Å²) in [6.45, 7) is 4.33. The average Bonchev–Trinajstić information content (AvgIpc) is 2.74. The Morgan fingerprint density at radius 2 is 1.59 bits per heavy atom. The Balaban J connectivity index is 1.51. The molecule has 0 fully saturated rings. The van der Waals surface area contributed by atoms with Gasteiger partial charge in [0, 0.05) is 0 Å². The largest absolute Gasteiger partial charge is 0.492 e. The predicted molar refractivity (Wildman–Crippen MR) is 112 cm³/mol. The second-order valence-corrected chi connectivity index (χ2v) is 7.00. The van der Waals surface area contributed by atoms with Gasteiger partial charge in [0.25, 0.3) is 11.8 Å². The van der Waals surface area contributed by atoms with Gasteiger partial charge in [0.15, 0.2) is 6.61 Å². The maximum absolute atomic E-state index is 12.4. The van der Waals surface area contributed by atoms with Gasteiger partial charge in [-0.05, 0) is 41.0 Å². The maximum Gasteiger partial charge on any atom is 0.276 e. The lowest BCUT2D eigenvalue weighted by Gasteiger charge is -2.13. The molecule has 0 aromatic heterocycles. The standard InChI is InChI=1S/C23H24N2O4/c1-16(2)14-29-21-10-6-5-9-20(21)23(27)25-24-22(26)15-28-19-12-11-17-7-3-4-8-18(17)13-19/h3-13,16H,14-15H2,1-2H3,(H,24,26)(H,25,27). The zero-order chi connectivity index (χ0) is 20.6. The molecule has 29 heavy (non-hydrogen) atoms. The van der Waals surface area contributed by atoms with Crippen LogP contribution in [-0.2, 0) is 4.79 Å². The van der Waals surface area contributed by atoms with Gasteiger partial charge in [0.05, 0.1) is 12.2 Å². The second kappa shape index (κ2) is 9.59. The number of benzene rings is 3. The van der Waals surface area contributed by atoms with Gasteiger partial charge in [-0.3, -0.25) is 20.4 Å². The summed E-state index contributed by atoms with van der Waals surface area (Å²) in [4.78, 5) is 24.4. The summed E-state index contributed by atoms with van der Waals surface area (Å²) in [5.74, 6) is 0.464. The molecule has 0 heterocycles. The zero-order valence-corrected chi connectivity index (χ0v) is 16.5. The molecule has 6 nitrogen and oxygen atoms in total. The minimum Gasteiger partial charge on any atom is -0.492 e. The van der Waals surface area contributed by atoms with E-state index in [-0.39, 0.29) is 6.61 Å². The van der Waals surface area contributed by atoms with E-state index in [2.05, 4.69) is 10.9 Å². The van der Waals surface area contributed by atoms with E-state index in [0.29, 0.717) is 29.6 Å². The molecular weight excluding hydrogens is 368 g/mol. The van der Waals surface area contributed by atoms with Crippen molar-refractivity contribution in [1.82, 2.24) is 10.9 Å². The van der Waals surface area contributed by atoms with Crippen LogP contribution in [0.2, 0.25) is 0 Å². The third-order valence-electron chi connectivity index (χ3n) is 4.11.